The summed E-state index contributed by atoms with van der Waals surface area (Å²) >= 11 is 0. The first-order chi connectivity index (χ1) is 19.5. The van der Waals surface area contributed by atoms with Gasteiger partial charge in [0.05, 0.1) is 23.0 Å². The summed E-state index contributed by atoms with van der Waals surface area (Å²) in [5.74, 6) is -1.07. The Morgan fingerprint density at radius 1 is 1.02 bits per heavy atom. The standard InChI is InChI=1S/C26H24F6N6O4/c1-24(2,3)41-23(40)37-8-6-13(7-9-37)18-11-19(39)34-21-16(12-33-38(18)21)22-35-20(36-42-22)15-5-4-14(25(27,28)29)10-17(15)26(30,31)32/h4-5,10-13H,6-9H2,1-3H3,(H,34,39). The molecule has 1 N–H and O–H groups in total. The molecule has 1 saturated heterocycles. The molecule has 5 rings (SSSR count). The third-order valence-corrected chi connectivity index (χ3v) is 6.65. The van der Waals surface area contributed by atoms with Gasteiger partial charge in [-0.05, 0) is 51.8 Å². The molecule has 0 unspecified atom stereocenters. The second-order valence-corrected chi connectivity index (χ2v) is 10.8. The van der Waals surface area contributed by atoms with Gasteiger partial charge in [0.1, 0.15) is 16.8 Å². The predicted octanol–water partition coefficient (Wildman–Crippen LogP) is 5.89. The van der Waals surface area contributed by atoms with Crippen LogP contribution in [0.3, 0.4) is 0 Å². The van der Waals surface area contributed by atoms with Gasteiger partial charge in [-0.1, -0.05) is 5.16 Å². The molecule has 42 heavy (non-hydrogen) atoms. The van der Waals surface area contributed by atoms with E-state index in [9.17, 15) is 35.9 Å². The van der Waals surface area contributed by atoms with Crippen molar-refractivity contribution in [1.29, 1.82) is 0 Å². The van der Waals surface area contributed by atoms with Gasteiger partial charge < -0.3 is 19.1 Å². The number of aromatic nitrogens is 5. The zero-order valence-corrected chi connectivity index (χ0v) is 22.4. The van der Waals surface area contributed by atoms with Crippen molar-refractivity contribution in [1.82, 2.24) is 29.6 Å². The highest BCUT2D eigenvalue weighted by Gasteiger charge is 2.39. The summed E-state index contributed by atoms with van der Waals surface area (Å²) in [6.07, 6.45) is -8.28. The summed E-state index contributed by atoms with van der Waals surface area (Å²) in [6.45, 7) is 6.06. The van der Waals surface area contributed by atoms with Crippen LogP contribution in [0.25, 0.3) is 28.5 Å². The number of hydrogen-bond acceptors (Lipinski definition) is 7. The zero-order chi connectivity index (χ0) is 30.6. The molecule has 1 aliphatic rings. The fourth-order valence-corrected chi connectivity index (χ4v) is 4.74. The van der Waals surface area contributed by atoms with Crippen LogP contribution < -0.4 is 5.56 Å². The number of rotatable bonds is 3. The van der Waals surface area contributed by atoms with E-state index in [-0.39, 0.29) is 29.1 Å². The van der Waals surface area contributed by atoms with Crippen LogP contribution in [0.1, 0.15) is 56.4 Å². The Hall–Kier alpha value is -4.37. The molecule has 0 radical (unpaired) electrons. The SMILES string of the molecule is CC(C)(C)OC(=O)N1CCC(c2cc(=O)[nH]c3c(-c4nc(-c5ccc(C(F)(F)F)cc5C(F)(F)F)no4)cnn23)CC1. The number of likely N-dealkylation sites (tertiary alicyclic amines) is 1. The molecular formula is C26H24F6N6O4. The van der Waals surface area contributed by atoms with E-state index in [1.165, 1.54) is 16.8 Å². The van der Waals surface area contributed by atoms with Crippen LogP contribution >= 0.6 is 0 Å². The number of ether oxygens (including phenoxy) is 1. The Bertz CT molecular complexity index is 1690. The van der Waals surface area contributed by atoms with Crippen molar-refractivity contribution in [3.63, 3.8) is 0 Å². The molecule has 4 heterocycles. The highest BCUT2D eigenvalue weighted by Crippen LogP contribution is 2.41. The maximum atomic E-state index is 13.7. The molecule has 16 heteroatoms. The van der Waals surface area contributed by atoms with E-state index in [0.29, 0.717) is 43.8 Å². The molecule has 0 aliphatic carbocycles. The van der Waals surface area contributed by atoms with Crippen LogP contribution in [0.15, 0.2) is 39.8 Å². The van der Waals surface area contributed by atoms with Crippen molar-refractivity contribution >= 4 is 11.7 Å². The number of hydrogen-bond donors (Lipinski definition) is 1. The first kappa shape index (κ1) is 29.1. The number of benzene rings is 1. The van der Waals surface area contributed by atoms with E-state index in [2.05, 4.69) is 20.2 Å². The summed E-state index contributed by atoms with van der Waals surface area (Å²) in [7, 11) is 0. The number of carbonyl (C=O) groups excluding carboxylic acids is 1. The van der Waals surface area contributed by atoms with Gasteiger partial charge in [-0.3, -0.25) is 4.79 Å². The highest BCUT2D eigenvalue weighted by molar-refractivity contribution is 5.73. The lowest BCUT2D eigenvalue weighted by molar-refractivity contribution is -0.142. The lowest BCUT2D eigenvalue weighted by atomic mass is 9.93. The molecule has 0 bridgehead atoms. The van der Waals surface area contributed by atoms with Gasteiger partial charge in [-0.15, -0.1) is 0 Å². The number of carbonyl (C=O) groups is 1. The zero-order valence-electron chi connectivity index (χ0n) is 22.4. The summed E-state index contributed by atoms with van der Waals surface area (Å²) in [5, 5.41) is 7.85. The molecule has 0 atom stereocenters. The number of amides is 1. The van der Waals surface area contributed by atoms with E-state index in [4.69, 9.17) is 9.26 Å². The maximum absolute atomic E-state index is 13.7. The van der Waals surface area contributed by atoms with Crippen LogP contribution in [0.5, 0.6) is 0 Å². The molecule has 1 amide bonds. The monoisotopic (exact) mass is 598 g/mol. The number of alkyl halides is 6. The fourth-order valence-electron chi connectivity index (χ4n) is 4.74. The summed E-state index contributed by atoms with van der Waals surface area (Å²) in [5.41, 5.74) is -4.16. The van der Waals surface area contributed by atoms with Crippen LogP contribution in [0.2, 0.25) is 0 Å². The van der Waals surface area contributed by atoms with E-state index in [1.807, 2.05) is 0 Å². The average Bonchev–Trinajstić information content (AvgIpc) is 3.53. The Balaban J connectivity index is 1.45. The number of piperidine rings is 1. The molecule has 10 nitrogen and oxygen atoms in total. The minimum Gasteiger partial charge on any atom is -0.444 e. The van der Waals surface area contributed by atoms with Gasteiger partial charge in [-0.25, -0.2) is 9.31 Å². The molecular weight excluding hydrogens is 574 g/mol. The fraction of sp³-hybridized carbons (Fsp3) is 0.423. The Labute approximate surface area is 233 Å². The van der Waals surface area contributed by atoms with Crippen molar-refractivity contribution < 1.29 is 40.4 Å². The number of H-pyrrole nitrogens is 1. The van der Waals surface area contributed by atoms with Gasteiger partial charge in [0.2, 0.25) is 5.82 Å². The van der Waals surface area contributed by atoms with Gasteiger partial charge >= 0.3 is 18.4 Å². The van der Waals surface area contributed by atoms with Crippen LogP contribution in [0.4, 0.5) is 31.1 Å². The van der Waals surface area contributed by atoms with E-state index in [1.54, 1.807) is 25.7 Å². The predicted molar refractivity (Wildman–Crippen MR) is 134 cm³/mol. The molecule has 1 fully saturated rings. The third-order valence-electron chi connectivity index (χ3n) is 6.65. The van der Waals surface area contributed by atoms with Crippen molar-refractivity contribution in [2.75, 3.05) is 13.1 Å². The van der Waals surface area contributed by atoms with Gasteiger partial charge in [-0.2, -0.15) is 36.4 Å². The molecule has 1 aliphatic heterocycles. The largest absolute Gasteiger partial charge is 0.444 e. The summed E-state index contributed by atoms with van der Waals surface area (Å²) < 4.78 is 92.2. The molecule has 4 aromatic rings. The van der Waals surface area contributed by atoms with Gasteiger partial charge in [0.15, 0.2) is 0 Å². The van der Waals surface area contributed by atoms with E-state index >= 15 is 0 Å². The maximum Gasteiger partial charge on any atom is 0.417 e. The second-order valence-electron chi connectivity index (χ2n) is 10.8. The molecule has 3 aromatic heterocycles. The highest BCUT2D eigenvalue weighted by atomic mass is 19.4. The summed E-state index contributed by atoms with van der Waals surface area (Å²) in [4.78, 5) is 33.2. The molecule has 1 aromatic carbocycles. The molecule has 0 spiro atoms. The third kappa shape index (κ3) is 5.83. The smallest absolute Gasteiger partial charge is 0.417 e. The first-order valence-corrected chi connectivity index (χ1v) is 12.7. The molecule has 224 valence electrons. The van der Waals surface area contributed by atoms with E-state index in [0.717, 1.165) is 0 Å². The minimum absolute atomic E-state index is 0.0153. The number of nitrogens with one attached hydrogen (secondary N) is 1. The average molecular weight is 599 g/mol. The first-order valence-electron chi connectivity index (χ1n) is 12.7. The topological polar surface area (TPSA) is 119 Å². The Morgan fingerprint density at radius 2 is 1.71 bits per heavy atom. The van der Waals surface area contributed by atoms with Crippen LogP contribution in [-0.4, -0.2) is 54.4 Å². The molecule has 0 saturated carbocycles. The van der Waals surface area contributed by atoms with Crippen molar-refractivity contribution in [3.05, 3.63) is 57.6 Å². The second kappa shape index (κ2) is 10.2. The van der Waals surface area contributed by atoms with Crippen molar-refractivity contribution in [3.8, 4) is 22.8 Å². The van der Waals surface area contributed by atoms with Gasteiger partial charge in [0.25, 0.3) is 11.4 Å². The lowest BCUT2D eigenvalue weighted by Crippen LogP contribution is -2.41. The summed E-state index contributed by atoms with van der Waals surface area (Å²) in [6, 6.07) is 2.47. The Morgan fingerprint density at radius 3 is 2.33 bits per heavy atom. The van der Waals surface area contributed by atoms with Crippen molar-refractivity contribution in [2.24, 2.45) is 0 Å². The van der Waals surface area contributed by atoms with Gasteiger partial charge in [0, 0.05) is 30.6 Å². The van der Waals surface area contributed by atoms with E-state index < -0.39 is 52.1 Å². The van der Waals surface area contributed by atoms with Crippen LogP contribution in [0, 0.1) is 0 Å². The van der Waals surface area contributed by atoms with Crippen LogP contribution in [-0.2, 0) is 17.1 Å². The number of fused-ring (bicyclic) bond motifs is 1. The number of halogens is 6. The normalized spacial score (nSPS) is 15.4. The number of nitrogens with zero attached hydrogens (tertiary/aromatic N) is 5. The Kier molecular flexibility index (Phi) is 7.05. The minimum atomic E-state index is -5.14. The lowest BCUT2D eigenvalue weighted by Gasteiger charge is -2.33. The quantitative estimate of drug-likeness (QED) is 0.292. The van der Waals surface area contributed by atoms with Crippen molar-refractivity contribution in [2.45, 2.75) is 57.5 Å². The number of aromatic amines is 1.